The minimum atomic E-state index is 0.582. The number of halogens is 1. The number of piperidine rings is 1. The van der Waals surface area contributed by atoms with Crippen molar-refractivity contribution in [1.82, 2.24) is 9.55 Å². The molecule has 2 rings (SSSR count). The van der Waals surface area contributed by atoms with Gasteiger partial charge in [-0.2, -0.15) is 0 Å². The highest BCUT2D eigenvalue weighted by atomic mass is 35.5. The second-order valence-corrected chi connectivity index (χ2v) is 4.71. The van der Waals surface area contributed by atoms with Gasteiger partial charge in [-0.3, -0.25) is 0 Å². The first kappa shape index (κ1) is 11.8. The third kappa shape index (κ3) is 2.34. The van der Waals surface area contributed by atoms with E-state index in [9.17, 15) is 0 Å². The fourth-order valence-electron chi connectivity index (χ4n) is 2.50. The van der Waals surface area contributed by atoms with Crippen molar-refractivity contribution in [3.8, 4) is 0 Å². The monoisotopic (exact) mass is 241 g/mol. The Kier molecular flexibility index (Phi) is 4.10. The summed E-state index contributed by atoms with van der Waals surface area (Å²) in [7, 11) is 0. The predicted octanol–water partition coefficient (Wildman–Crippen LogP) is 2.89. The molecule has 0 N–H and O–H groups in total. The second kappa shape index (κ2) is 5.58. The number of aromatic nitrogens is 2. The fourth-order valence-corrected chi connectivity index (χ4v) is 2.75. The van der Waals surface area contributed by atoms with Crippen LogP contribution in [0.1, 0.15) is 32.6 Å². The number of nitrogens with zero attached hydrogens (tertiary/aromatic N) is 3. The number of hydrogen-bond acceptors (Lipinski definition) is 2. The molecule has 1 aliphatic heterocycles. The fraction of sp³-hybridized carbons (Fsp3) is 0.750. The predicted molar refractivity (Wildman–Crippen MR) is 68.2 cm³/mol. The summed E-state index contributed by atoms with van der Waals surface area (Å²) < 4.78 is 2.21. The molecule has 3 nitrogen and oxygen atoms in total. The van der Waals surface area contributed by atoms with Crippen LogP contribution in [0.4, 0.5) is 5.95 Å². The SMILES string of the molecule is CCn1ccnc1N1CCCCC1CCCl. The highest BCUT2D eigenvalue weighted by molar-refractivity contribution is 6.17. The van der Waals surface area contributed by atoms with Gasteiger partial charge >= 0.3 is 0 Å². The molecule has 2 heterocycles. The zero-order valence-electron chi connectivity index (χ0n) is 9.90. The molecule has 4 heteroatoms. The minimum Gasteiger partial charge on any atom is -0.339 e. The number of hydrogen-bond donors (Lipinski definition) is 0. The molecule has 1 aromatic heterocycles. The van der Waals surface area contributed by atoms with Crippen LogP contribution in [-0.2, 0) is 6.54 Å². The summed E-state index contributed by atoms with van der Waals surface area (Å²) in [6.07, 6.45) is 8.87. The molecular formula is C12H20ClN3. The van der Waals surface area contributed by atoms with Gasteiger partial charge in [0.2, 0.25) is 5.95 Å². The Morgan fingerprint density at radius 3 is 3.12 bits per heavy atom. The van der Waals surface area contributed by atoms with Gasteiger partial charge in [-0.25, -0.2) is 4.98 Å². The Morgan fingerprint density at radius 1 is 1.50 bits per heavy atom. The molecule has 16 heavy (non-hydrogen) atoms. The van der Waals surface area contributed by atoms with Gasteiger partial charge in [0.1, 0.15) is 0 Å². The van der Waals surface area contributed by atoms with Gasteiger partial charge in [0, 0.05) is 37.4 Å². The first-order chi connectivity index (χ1) is 7.86. The van der Waals surface area contributed by atoms with E-state index in [2.05, 4.69) is 27.6 Å². The van der Waals surface area contributed by atoms with Crippen molar-refractivity contribution in [2.45, 2.75) is 45.2 Å². The van der Waals surface area contributed by atoms with Gasteiger partial charge in [0.15, 0.2) is 0 Å². The molecule has 0 aliphatic carbocycles. The molecule has 1 atom stereocenters. The van der Waals surface area contributed by atoms with E-state index in [1.807, 2.05) is 6.20 Å². The molecular weight excluding hydrogens is 222 g/mol. The molecule has 1 unspecified atom stereocenters. The Balaban J connectivity index is 2.16. The van der Waals surface area contributed by atoms with Gasteiger partial charge in [-0.1, -0.05) is 0 Å². The average Bonchev–Trinajstić information content (AvgIpc) is 2.78. The molecule has 0 spiro atoms. The van der Waals surface area contributed by atoms with Crippen LogP contribution < -0.4 is 4.90 Å². The third-order valence-corrected chi connectivity index (χ3v) is 3.58. The topological polar surface area (TPSA) is 21.1 Å². The molecule has 1 saturated heterocycles. The van der Waals surface area contributed by atoms with Crippen LogP contribution >= 0.6 is 11.6 Å². The molecule has 0 aromatic carbocycles. The zero-order valence-corrected chi connectivity index (χ0v) is 10.7. The number of alkyl halides is 1. The molecule has 1 aliphatic rings. The van der Waals surface area contributed by atoms with E-state index < -0.39 is 0 Å². The van der Waals surface area contributed by atoms with Crippen LogP contribution in [0.2, 0.25) is 0 Å². The normalized spacial score (nSPS) is 21.4. The molecule has 0 saturated carbocycles. The standard InChI is InChI=1S/C12H20ClN3/c1-2-15-10-8-14-12(15)16-9-4-3-5-11(16)6-7-13/h8,10-11H,2-7,9H2,1H3. The van der Waals surface area contributed by atoms with Crippen molar-refractivity contribution < 1.29 is 0 Å². The summed E-state index contributed by atoms with van der Waals surface area (Å²) in [4.78, 5) is 6.93. The Morgan fingerprint density at radius 2 is 2.38 bits per heavy atom. The summed E-state index contributed by atoms with van der Waals surface area (Å²) in [5.41, 5.74) is 0. The molecule has 90 valence electrons. The van der Waals surface area contributed by atoms with Crippen LogP contribution in [-0.4, -0.2) is 28.0 Å². The molecule has 1 fully saturated rings. The van der Waals surface area contributed by atoms with Crippen LogP contribution in [0.5, 0.6) is 0 Å². The lowest BCUT2D eigenvalue weighted by Gasteiger charge is -2.36. The van der Waals surface area contributed by atoms with Crippen LogP contribution in [0.15, 0.2) is 12.4 Å². The van der Waals surface area contributed by atoms with Crippen LogP contribution in [0.25, 0.3) is 0 Å². The first-order valence-corrected chi connectivity index (χ1v) is 6.74. The smallest absolute Gasteiger partial charge is 0.205 e. The van der Waals surface area contributed by atoms with Crippen LogP contribution in [0.3, 0.4) is 0 Å². The third-order valence-electron chi connectivity index (χ3n) is 3.36. The first-order valence-electron chi connectivity index (χ1n) is 6.20. The largest absolute Gasteiger partial charge is 0.339 e. The molecule has 1 aromatic rings. The van der Waals surface area contributed by atoms with Gasteiger partial charge in [-0.05, 0) is 32.6 Å². The number of rotatable bonds is 4. The molecule has 0 radical (unpaired) electrons. The Bertz CT molecular complexity index is 322. The van der Waals surface area contributed by atoms with E-state index in [4.69, 9.17) is 11.6 Å². The Hall–Kier alpha value is -0.700. The van der Waals surface area contributed by atoms with Crippen LogP contribution in [0, 0.1) is 0 Å². The lowest BCUT2D eigenvalue weighted by molar-refractivity contribution is 0.439. The van der Waals surface area contributed by atoms with Crippen molar-refractivity contribution in [3.63, 3.8) is 0 Å². The maximum atomic E-state index is 5.88. The van der Waals surface area contributed by atoms with E-state index in [-0.39, 0.29) is 0 Å². The second-order valence-electron chi connectivity index (χ2n) is 4.33. The lowest BCUT2D eigenvalue weighted by atomic mass is 10.0. The van der Waals surface area contributed by atoms with Gasteiger partial charge < -0.3 is 9.47 Å². The van der Waals surface area contributed by atoms with Gasteiger partial charge in [-0.15, -0.1) is 11.6 Å². The maximum absolute atomic E-state index is 5.88. The quantitative estimate of drug-likeness (QED) is 0.756. The van der Waals surface area contributed by atoms with E-state index in [1.54, 1.807) is 0 Å². The number of imidazole rings is 1. The molecule has 0 bridgehead atoms. The maximum Gasteiger partial charge on any atom is 0.205 e. The summed E-state index contributed by atoms with van der Waals surface area (Å²) in [5.74, 6) is 1.87. The summed E-state index contributed by atoms with van der Waals surface area (Å²) >= 11 is 5.88. The minimum absolute atomic E-state index is 0.582. The highest BCUT2D eigenvalue weighted by Crippen LogP contribution is 2.25. The lowest BCUT2D eigenvalue weighted by Crippen LogP contribution is -2.41. The van der Waals surface area contributed by atoms with Crippen molar-refractivity contribution >= 4 is 17.5 Å². The van der Waals surface area contributed by atoms with Crippen molar-refractivity contribution in [2.75, 3.05) is 17.3 Å². The van der Waals surface area contributed by atoms with E-state index >= 15 is 0 Å². The van der Waals surface area contributed by atoms with Gasteiger partial charge in [0.25, 0.3) is 0 Å². The summed E-state index contributed by atoms with van der Waals surface area (Å²) in [6, 6.07) is 0.582. The van der Waals surface area contributed by atoms with E-state index in [0.29, 0.717) is 6.04 Å². The highest BCUT2D eigenvalue weighted by Gasteiger charge is 2.24. The Labute approximate surface area is 102 Å². The number of aryl methyl sites for hydroxylation is 1. The summed E-state index contributed by atoms with van der Waals surface area (Å²) in [6.45, 7) is 4.27. The zero-order chi connectivity index (χ0) is 11.4. The van der Waals surface area contributed by atoms with Crippen molar-refractivity contribution in [1.29, 1.82) is 0 Å². The number of anilines is 1. The van der Waals surface area contributed by atoms with E-state index in [1.165, 1.54) is 19.3 Å². The van der Waals surface area contributed by atoms with Crippen molar-refractivity contribution in [2.24, 2.45) is 0 Å². The van der Waals surface area contributed by atoms with E-state index in [0.717, 1.165) is 31.3 Å². The molecule has 0 amide bonds. The van der Waals surface area contributed by atoms with Crippen molar-refractivity contribution in [3.05, 3.63) is 12.4 Å². The van der Waals surface area contributed by atoms with Gasteiger partial charge in [0.05, 0.1) is 0 Å². The summed E-state index contributed by atoms with van der Waals surface area (Å²) in [5, 5.41) is 0. The average molecular weight is 242 g/mol.